The Morgan fingerprint density at radius 2 is 2.13 bits per heavy atom. The zero-order valence-electron chi connectivity index (χ0n) is 12.5. The van der Waals surface area contributed by atoms with Gasteiger partial charge in [-0.25, -0.2) is 9.97 Å². The third-order valence-corrected chi connectivity index (χ3v) is 2.96. The fourth-order valence-corrected chi connectivity index (χ4v) is 1.80. The predicted octanol–water partition coefficient (Wildman–Crippen LogP) is 1.88. The van der Waals surface area contributed by atoms with E-state index in [0.29, 0.717) is 12.5 Å². The average Bonchev–Trinajstić information content (AvgIpc) is 3.04. The van der Waals surface area contributed by atoms with Gasteiger partial charge in [-0.05, 0) is 11.6 Å². The molecule has 23 heavy (non-hydrogen) atoms. The number of hydrogen-bond donors (Lipinski definition) is 2. The Morgan fingerprint density at radius 3 is 2.70 bits per heavy atom. The quantitative estimate of drug-likeness (QED) is 0.650. The molecule has 0 bridgehead atoms. The van der Waals surface area contributed by atoms with Gasteiger partial charge in [0.15, 0.2) is 5.96 Å². The van der Waals surface area contributed by atoms with Crippen LogP contribution in [0.25, 0.3) is 5.82 Å². The van der Waals surface area contributed by atoms with Crippen molar-refractivity contribution in [2.24, 2.45) is 4.99 Å². The summed E-state index contributed by atoms with van der Waals surface area (Å²) >= 11 is 0. The van der Waals surface area contributed by atoms with E-state index in [4.69, 9.17) is 0 Å². The van der Waals surface area contributed by atoms with Crippen LogP contribution < -0.4 is 10.6 Å². The fraction of sp³-hybridized carbons (Fsp3) is 0.357. The molecule has 0 fully saturated rings. The minimum atomic E-state index is -4.18. The van der Waals surface area contributed by atoms with Crippen molar-refractivity contribution in [3.8, 4) is 5.82 Å². The van der Waals surface area contributed by atoms with Crippen LogP contribution in [0.1, 0.15) is 12.0 Å². The second kappa shape index (κ2) is 7.61. The third kappa shape index (κ3) is 5.61. The molecule has 124 valence electrons. The fourth-order valence-electron chi connectivity index (χ4n) is 1.80. The number of alkyl halides is 3. The Kier molecular flexibility index (Phi) is 5.56. The van der Waals surface area contributed by atoms with E-state index in [9.17, 15) is 13.2 Å². The van der Waals surface area contributed by atoms with Crippen molar-refractivity contribution in [2.75, 3.05) is 13.6 Å². The summed E-state index contributed by atoms with van der Waals surface area (Å²) < 4.78 is 38.1. The van der Waals surface area contributed by atoms with Crippen LogP contribution in [0.3, 0.4) is 0 Å². The monoisotopic (exact) mass is 326 g/mol. The van der Waals surface area contributed by atoms with Crippen molar-refractivity contribution in [2.45, 2.75) is 19.1 Å². The molecule has 0 aliphatic rings. The zero-order valence-corrected chi connectivity index (χ0v) is 12.5. The number of nitrogens with zero attached hydrogens (tertiary/aromatic N) is 4. The lowest BCUT2D eigenvalue weighted by atomic mass is 10.3. The number of aliphatic imine (C=N–C) groups is 1. The molecule has 0 atom stereocenters. The van der Waals surface area contributed by atoms with Gasteiger partial charge in [0.25, 0.3) is 0 Å². The number of guanidine groups is 1. The molecule has 6 nitrogen and oxygen atoms in total. The molecule has 0 unspecified atom stereocenters. The van der Waals surface area contributed by atoms with Crippen LogP contribution in [0, 0.1) is 0 Å². The first-order valence-electron chi connectivity index (χ1n) is 6.92. The Balaban J connectivity index is 1.82. The number of nitrogens with one attached hydrogen (secondary N) is 2. The molecule has 2 aromatic rings. The molecule has 2 heterocycles. The molecule has 0 spiro atoms. The number of halogens is 3. The zero-order chi connectivity index (χ0) is 16.7. The van der Waals surface area contributed by atoms with Crippen LogP contribution in [-0.2, 0) is 6.54 Å². The van der Waals surface area contributed by atoms with Crippen molar-refractivity contribution in [3.05, 3.63) is 42.6 Å². The molecule has 0 saturated carbocycles. The lowest BCUT2D eigenvalue weighted by molar-refractivity contribution is -0.132. The van der Waals surface area contributed by atoms with E-state index in [2.05, 4.69) is 25.6 Å². The summed E-state index contributed by atoms with van der Waals surface area (Å²) in [6.07, 6.45) is 1.69. The minimum absolute atomic E-state index is 0.221. The summed E-state index contributed by atoms with van der Waals surface area (Å²) in [7, 11) is 1.50. The van der Waals surface area contributed by atoms with Crippen molar-refractivity contribution >= 4 is 5.96 Å². The maximum atomic E-state index is 12.1. The highest BCUT2D eigenvalue weighted by Gasteiger charge is 2.26. The molecular formula is C14H17F3N6. The average molecular weight is 326 g/mol. The van der Waals surface area contributed by atoms with Crippen LogP contribution in [0.2, 0.25) is 0 Å². The largest absolute Gasteiger partial charge is 0.390 e. The SMILES string of the molecule is CN=C(NCCC(F)(F)F)NCc1ccc(-n2ccnc2)nc1. The number of aromatic nitrogens is 3. The van der Waals surface area contributed by atoms with Gasteiger partial charge in [-0.3, -0.25) is 9.56 Å². The molecule has 0 aliphatic heterocycles. The summed E-state index contributed by atoms with van der Waals surface area (Å²) in [5.41, 5.74) is 0.882. The van der Waals surface area contributed by atoms with Gasteiger partial charge >= 0.3 is 6.18 Å². The van der Waals surface area contributed by atoms with E-state index in [0.717, 1.165) is 11.4 Å². The normalized spacial score (nSPS) is 12.3. The molecular weight excluding hydrogens is 309 g/mol. The Labute approximate surface area is 131 Å². The van der Waals surface area contributed by atoms with E-state index in [1.165, 1.54) is 7.05 Å². The van der Waals surface area contributed by atoms with Gasteiger partial charge < -0.3 is 10.6 Å². The predicted molar refractivity (Wildman–Crippen MR) is 80.2 cm³/mol. The Bertz CT molecular complexity index is 619. The van der Waals surface area contributed by atoms with E-state index in [-0.39, 0.29) is 6.54 Å². The van der Waals surface area contributed by atoms with Crippen LogP contribution in [0.5, 0.6) is 0 Å². The molecule has 2 aromatic heterocycles. The summed E-state index contributed by atoms with van der Waals surface area (Å²) in [6, 6.07) is 3.71. The number of rotatable bonds is 5. The maximum Gasteiger partial charge on any atom is 0.390 e. The molecule has 2 rings (SSSR count). The van der Waals surface area contributed by atoms with Gasteiger partial charge in [-0.1, -0.05) is 6.07 Å². The minimum Gasteiger partial charge on any atom is -0.356 e. The van der Waals surface area contributed by atoms with Crippen LogP contribution in [0.15, 0.2) is 42.0 Å². The number of pyridine rings is 1. The first kappa shape index (κ1) is 16.8. The van der Waals surface area contributed by atoms with Crippen LogP contribution >= 0.6 is 0 Å². The summed E-state index contributed by atoms with van der Waals surface area (Å²) in [5.74, 6) is 1.05. The highest BCUT2D eigenvalue weighted by molar-refractivity contribution is 5.79. The van der Waals surface area contributed by atoms with Gasteiger partial charge in [0.2, 0.25) is 0 Å². The van der Waals surface area contributed by atoms with E-state index >= 15 is 0 Å². The van der Waals surface area contributed by atoms with Gasteiger partial charge in [-0.15, -0.1) is 0 Å². The van der Waals surface area contributed by atoms with E-state index in [1.54, 1.807) is 29.5 Å². The Morgan fingerprint density at radius 1 is 1.30 bits per heavy atom. The van der Waals surface area contributed by atoms with Gasteiger partial charge in [-0.2, -0.15) is 13.2 Å². The van der Waals surface area contributed by atoms with E-state index in [1.807, 2.05) is 12.1 Å². The molecule has 0 amide bonds. The molecule has 0 aliphatic carbocycles. The second-order valence-corrected chi connectivity index (χ2v) is 4.71. The topological polar surface area (TPSA) is 67.1 Å². The highest BCUT2D eigenvalue weighted by atomic mass is 19.4. The van der Waals surface area contributed by atoms with Gasteiger partial charge in [0.1, 0.15) is 12.1 Å². The third-order valence-electron chi connectivity index (χ3n) is 2.96. The number of imidazole rings is 1. The van der Waals surface area contributed by atoms with Crippen LogP contribution in [-0.4, -0.2) is 40.3 Å². The first-order chi connectivity index (χ1) is 11.0. The smallest absolute Gasteiger partial charge is 0.356 e. The summed E-state index contributed by atoms with van der Waals surface area (Å²) in [4.78, 5) is 12.1. The van der Waals surface area contributed by atoms with Gasteiger partial charge in [0.05, 0.1) is 6.42 Å². The molecule has 9 heteroatoms. The Hall–Kier alpha value is -2.58. The lowest BCUT2D eigenvalue weighted by Crippen LogP contribution is -2.38. The second-order valence-electron chi connectivity index (χ2n) is 4.71. The van der Waals surface area contributed by atoms with Crippen LogP contribution in [0.4, 0.5) is 13.2 Å². The molecule has 0 radical (unpaired) electrons. The summed E-state index contributed by atoms with van der Waals surface area (Å²) in [6.45, 7) is 0.184. The van der Waals surface area contributed by atoms with E-state index < -0.39 is 12.6 Å². The number of hydrogen-bond acceptors (Lipinski definition) is 3. The van der Waals surface area contributed by atoms with Gasteiger partial charge in [0, 0.05) is 38.7 Å². The van der Waals surface area contributed by atoms with Crippen molar-refractivity contribution in [3.63, 3.8) is 0 Å². The van der Waals surface area contributed by atoms with Crippen molar-refractivity contribution in [1.82, 2.24) is 25.2 Å². The standard InChI is InChI=1S/C14H17F3N6/c1-18-13(20-5-4-14(15,16)17)22-9-11-2-3-12(21-8-11)23-7-6-19-10-23/h2-3,6-8,10H,4-5,9H2,1H3,(H2,18,20,22). The highest BCUT2D eigenvalue weighted by Crippen LogP contribution is 2.18. The molecule has 0 saturated heterocycles. The molecule has 2 N–H and O–H groups in total. The maximum absolute atomic E-state index is 12.1. The van der Waals surface area contributed by atoms with Crippen molar-refractivity contribution in [1.29, 1.82) is 0 Å². The van der Waals surface area contributed by atoms with Crippen molar-refractivity contribution < 1.29 is 13.2 Å². The summed E-state index contributed by atoms with van der Waals surface area (Å²) in [5, 5.41) is 5.55. The molecule has 0 aromatic carbocycles. The first-order valence-corrected chi connectivity index (χ1v) is 6.92. The lowest BCUT2D eigenvalue weighted by Gasteiger charge is -2.13.